The van der Waals surface area contributed by atoms with Gasteiger partial charge in [-0.05, 0) is 37.0 Å². The Morgan fingerprint density at radius 1 is 1.09 bits per heavy atom. The van der Waals surface area contributed by atoms with Gasteiger partial charge in [0.2, 0.25) is 0 Å². The fourth-order valence-electron chi connectivity index (χ4n) is 3.71. The van der Waals surface area contributed by atoms with Crippen LogP contribution >= 0.6 is 0 Å². The van der Waals surface area contributed by atoms with Crippen LogP contribution < -0.4 is 0 Å². The highest BCUT2D eigenvalue weighted by Gasteiger charge is 2.33. The molecule has 1 fully saturated rings. The second-order valence-corrected chi connectivity index (χ2v) is 10.4. The highest BCUT2D eigenvalue weighted by molar-refractivity contribution is 7.93. The first-order valence-corrected chi connectivity index (χ1v) is 12.1. The Kier molecular flexibility index (Phi) is 5.54. The molecule has 176 valence electrons. The van der Waals surface area contributed by atoms with Gasteiger partial charge in [0.15, 0.2) is 11.5 Å². The van der Waals surface area contributed by atoms with Gasteiger partial charge in [-0.1, -0.05) is 6.42 Å². The minimum absolute atomic E-state index is 0.159. The Hall–Kier alpha value is -3.41. The molecule has 0 bridgehead atoms. The molecule has 1 aliphatic carbocycles. The fraction of sp³-hybridized carbons (Fsp3) is 0.273. The maximum Gasteiger partial charge on any atom is 0.434 e. The maximum absolute atomic E-state index is 14.1. The Bertz CT molecular complexity index is 1490. The van der Waals surface area contributed by atoms with Crippen molar-refractivity contribution in [3.8, 4) is 5.69 Å². The van der Waals surface area contributed by atoms with E-state index in [2.05, 4.69) is 24.4 Å². The molecule has 0 radical (unpaired) electrons. The standard InChI is InChI=1S/C22H18F4N6OS/c23-16-7-17(9-27-8-16)32-12-15-6-18(4-5-19(15)30-32)34(33,13-14-2-1-3-14)31-21-11-28-10-20(29-21)22(24,25)26/h4-12,14H,1-3,13H2. The molecule has 4 aromatic rings. The van der Waals surface area contributed by atoms with Gasteiger partial charge in [0.05, 0.1) is 45.7 Å². The normalized spacial score (nSPS) is 16.2. The summed E-state index contributed by atoms with van der Waals surface area (Å²) in [5.41, 5.74) is -0.214. The van der Waals surface area contributed by atoms with Crippen molar-refractivity contribution in [2.45, 2.75) is 30.3 Å². The SMILES string of the molecule is O=S(CC1CCC1)(=Nc1cncc(C(F)(F)F)n1)c1ccc2nn(-c3cncc(F)c3)cc2c1. The Morgan fingerprint density at radius 2 is 1.88 bits per heavy atom. The number of halogens is 4. The minimum atomic E-state index is -4.69. The van der Waals surface area contributed by atoms with Crippen LogP contribution in [0.3, 0.4) is 0 Å². The highest BCUT2D eigenvalue weighted by Crippen LogP contribution is 2.34. The van der Waals surface area contributed by atoms with Crippen LogP contribution in [0, 0.1) is 11.7 Å². The predicted octanol–water partition coefficient (Wildman–Crippen LogP) is 5.33. The van der Waals surface area contributed by atoms with E-state index in [-0.39, 0.29) is 17.5 Å². The summed E-state index contributed by atoms with van der Waals surface area (Å²) in [4.78, 5) is 11.3. The van der Waals surface area contributed by atoms with Gasteiger partial charge >= 0.3 is 6.18 Å². The van der Waals surface area contributed by atoms with Gasteiger partial charge in [-0.25, -0.2) is 18.3 Å². The molecule has 1 unspecified atom stereocenters. The highest BCUT2D eigenvalue weighted by atomic mass is 32.2. The Morgan fingerprint density at radius 3 is 2.59 bits per heavy atom. The molecule has 1 atom stereocenters. The quantitative estimate of drug-likeness (QED) is 0.353. The zero-order valence-corrected chi connectivity index (χ0v) is 18.4. The predicted molar refractivity (Wildman–Crippen MR) is 117 cm³/mol. The van der Waals surface area contributed by atoms with Crippen molar-refractivity contribution in [3.63, 3.8) is 0 Å². The summed E-state index contributed by atoms with van der Waals surface area (Å²) in [7, 11) is -3.15. The van der Waals surface area contributed by atoms with Crippen LogP contribution in [0.5, 0.6) is 0 Å². The summed E-state index contributed by atoms with van der Waals surface area (Å²) in [5.74, 6) is -0.479. The number of hydrogen-bond donors (Lipinski definition) is 0. The molecule has 1 saturated carbocycles. The smallest absolute Gasteiger partial charge is 0.259 e. The molecule has 0 amide bonds. The van der Waals surface area contributed by atoms with E-state index in [0.29, 0.717) is 27.7 Å². The summed E-state index contributed by atoms with van der Waals surface area (Å²) in [6.45, 7) is 0. The van der Waals surface area contributed by atoms with Gasteiger partial charge in [-0.2, -0.15) is 22.6 Å². The van der Waals surface area contributed by atoms with Crippen LogP contribution in [0.15, 0.2) is 64.5 Å². The summed E-state index contributed by atoms with van der Waals surface area (Å²) < 4.78 is 72.6. The van der Waals surface area contributed by atoms with Gasteiger partial charge in [0, 0.05) is 28.3 Å². The Balaban J connectivity index is 1.60. The van der Waals surface area contributed by atoms with E-state index >= 15 is 0 Å². The van der Waals surface area contributed by atoms with Crippen molar-refractivity contribution in [1.29, 1.82) is 0 Å². The zero-order valence-electron chi connectivity index (χ0n) is 17.6. The molecule has 12 heteroatoms. The lowest BCUT2D eigenvalue weighted by molar-refractivity contribution is -0.141. The lowest BCUT2D eigenvalue weighted by Gasteiger charge is -2.26. The molecule has 0 aliphatic heterocycles. The molecule has 0 saturated heterocycles. The second-order valence-electron chi connectivity index (χ2n) is 8.11. The number of hydrogen-bond acceptors (Lipinski definition) is 6. The minimum Gasteiger partial charge on any atom is -0.259 e. The average molecular weight is 490 g/mol. The molecule has 3 aromatic heterocycles. The lowest BCUT2D eigenvalue weighted by Crippen LogP contribution is -2.22. The van der Waals surface area contributed by atoms with Crippen LogP contribution in [0.4, 0.5) is 23.4 Å². The van der Waals surface area contributed by atoms with Crippen molar-refractivity contribution in [2.75, 3.05) is 5.75 Å². The van der Waals surface area contributed by atoms with Gasteiger partial charge < -0.3 is 0 Å². The van der Waals surface area contributed by atoms with Crippen LogP contribution in [0.25, 0.3) is 16.6 Å². The number of benzene rings is 1. The molecule has 1 aromatic carbocycles. The summed E-state index contributed by atoms with van der Waals surface area (Å²) in [6, 6.07) is 6.19. The van der Waals surface area contributed by atoms with Crippen molar-refractivity contribution < 1.29 is 21.8 Å². The van der Waals surface area contributed by atoms with E-state index in [0.717, 1.165) is 31.7 Å². The topological polar surface area (TPSA) is 85.9 Å². The molecular weight excluding hydrogens is 472 g/mol. The monoisotopic (exact) mass is 490 g/mol. The molecule has 0 N–H and O–H groups in total. The Labute approximate surface area is 192 Å². The van der Waals surface area contributed by atoms with Gasteiger partial charge in [0.1, 0.15) is 5.82 Å². The van der Waals surface area contributed by atoms with Crippen molar-refractivity contribution >= 4 is 26.4 Å². The summed E-state index contributed by atoms with van der Waals surface area (Å²) in [6.07, 6.45) is 3.95. The average Bonchev–Trinajstić information content (AvgIpc) is 3.20. The summed E-state index contributed by atoms with van der Waals surface area (Å²) in [5, 5.41) is 5.02. The number of nitrogens with zero attached hydrogens (tertiary/aromatic N) is 6. The van der Waals surface area contributed by atoms with Crippen LogP contribution in [-0.2, 0) is 15.9 Å². The number of pyridine rings is 1. The third-order valence-electron chi connectivity index (χ3n) is 5.64. The van der Waals surface area contributed by atoms with Crippen LogP contribution in [-0.4, -0.2) is 34.7 Å². The van der Waals surface area contributed by atoms with Gasteiger partial charge in [-0.15, -0.1) is 0 Å². The van der Waals surface area contributed by atoms with E-state index in [1.54, 1.807) is 24.4 Å². The molecule has 5 rings (SSSR count). The number of rotatable bonds is 5. The van der Waals surface area contributed by atoms with E-state index in [4.69, 9.17) is 0 Å². The maximum atomic E-state index is 14.1. The van der Waals surface area contributed by atoms with Crippen molar-refractivity contribution in [1.82, 2.24) is 24.7 Å². The van der Waals surface area contributed by atoms with Crippen molar-refractivity contribution in [3.05, 3.63) is 66.8 Å². The van der Waals surface area contributed by atoms with E-state index in [9.17, 15) is 21.8 Å². The number of aromatic nitrogens is 5. The molecule has 3 heterocycles. The zero-order chi connectivity index (χ0) is 23.9. The first kappa shape index (κ1) is 22.4. The lowest BCUT2D eigenvalue weighted by atomic mass is 9.87. The number of alkyl halides is 3. The molecule has 7 nitrogen and oxygen atoms in total. The van der Waals surface area contributed by atoms with Crippen LogP contribution in [0.1, 0.15) is 25.0 Å². The molecule has 34 heavy (non-hydrogen) atoms. The third-order valence-corrected chi connectivity index (χ3v) is 8.03. The third kappa shape index (κ3) is 4.49. The van der Waals surface area contributed by atoms with E-state index in [1.165, 1.54) is 16.9 Å². The molecular formula is C22H18F4N6OS. The molecule has 1 aliphatic rings. The first-order valence-electron chi connectivity index (χ1n) is 10.4. The largest absolute Gasteiger partial charge is 0.434 e. The van der Waals surface area contributed by atoms with E-state index in [1.807, 2.05) is 0 Å². The summed E-state index contributed by atoms with van der Waals surface area (Å²) >= 11 is 0. The van der Waals surface area contributed by atoms with Gasteiger partial charge in [0.25, 0.3) is 0 Å². The number of fused-ring (bicyclic) bond motifs is 1. The van der Waals surface area contributed by atoms with E-state index < -0.39 is 27.4 Å². The van der Waals surface area contributed by atoms with Crippen molar-refractivity contribution in [2.24, 2.45) is 10.3 Å². The molecule has 0 spiro atoms. The van der Waals surface area contributed by atoms with Crippen LogP contribution in [0.2, 0.25) is 0 Å². The first-order chi connectivity index (χ1) is 16.2. The second kappa shape index (κ2) is 8.42. The fourth-order valence-corrected chi connectivity index (χ4v) is 6.04. The van der Waals surface area contributed by atoms with Gasteiger partial charge in [-0.3, -0.25) is 9.97 Å².